The van der Waals surface area contributed by atoms with Crippen LogP contribution >= 0.6 is 0 Å². The lowest BCUT2D eigenvalue weighted by Gasteiger charge is -2.24. The lowest BCUT2D eigenvalue weighted by molar-refractivity contribution is -0.148. The highest BCUT2D eigenvalue weighted by atomic mass is 16.8. The monoisotopic (exact) mass is 405 g/mol. The van der Waals surface area contributed by atoms with Crippen LogP contribution in [0.5, 0.6) is 0 Å². The molecule has 1 saturated heterocycles. The zero-order chi connectivity index (χ0) is 21.7. The van der Waals surface area contributed by atoms with Crippen molar-refractivity contribution in [3.8, 4) is 0 Å². The zero-order valence-electron chi connectivity index (χ0n) is 16.6. The van der Waals surface area contributed by atoms with Crippen LogP contribution in [0.25, 0.3) is 0 Å². The third kappa shape index (κ3) is 3.41. The minimum Gasteiger partial charge on any atom is -0.492 e. The number of aliphatic hydroxyl groups excluding tert-OH is 1. The van der Waals surface area contributed by atoms with Gasteiger partial charge < -0.3 is 30.2 Å². The predicted octanol–water partition coefficient (Wildman–Crippen LogP) is 1.85. The summed E-state index contributed by atoms with van der Waals surface area (Å²) in [4.78, 5) is 34.4. The molecule has 2 atom stereocenters. The number of carboxylic acid groups (broad SMARTS) is 1. The van der Waals surface area contributed by atoms with E-state index < -0.39 is 11.9 Å². The van der Waals surface area contributed by atoms with Crippen molar-refractivity contribution in [2.24, 2.45) is 5.73 Å². The van der Waals surface area contributed by atoms with Gasteiger partial charge in [0.05, 0.1) is 19.8 Å². The molecule has 1 aromatic carbocycles. The highest BCUT2D eigenvalue weighted by molar-refractivity contribution is 6.26. The number of rotatable bonds is 2. The minimum atomic E-state index is -1.33. The number of aliphatic hydroxyl groups is 1. The van der Waals surface area contributed by atoms with E-state index in [-0.39, 0.29) is 41.7 Å². The van der Waals surface area contributed by atoms with Crippen LogP contribution in [0.4, 0.5) is 4.79 Å². The normalized spacial score (nSPS) is 23.8. The van der Waals surface area contributed by atoms with Crippen LogP contribution in [0.3, 0.4) is 0 Å². The number of ether oxygens (including phenoxy) is 3. The first kappa shape index (κ1) is 21.0. The number of ketones is 2. The third-order valence-corrected chi connectivity index (χ3v) is 5.17. The van der Waals surface area contributed by atoms with Crippen LogP contribution < -0.4 is 5.73 Å². The van der Waals surface area contributed by atoms with Gasteiger partial charge in [0.1, 0.15) is 6.10 Å². The van der Waals surface area contributed by atoms with Gasteiger partial charge in [0.2, 0.25) is 5.78 Å². The fraction of sp³-hybridized carbons (Fsp3) is 0.450. The van der Waals surface area contributed by atoms with E-state index in [0.29, 0.717) is 23.1 Å². The van der Waals surface area contributed by atoms with Gasteiger partial charge in [0.25, 0.3) is 0 Å². The Kier molecular flexibility index (Phi) is 5.24. The Morgan fingerprint density at radius 1 is 1.31 bits per heavy atom. The van der Waals surface area contributed by atoms with Crippen molar-refractivity contribution in [3.63, 3.8) is 0 Å². The lowest BCUT2D eigenvalue weighted by Crippen LogP contribution is -2.26. The molecule has 2 unspecified atom stereocenters. The van der Waals surface area contributed by atoms with Gasteiger partial charge in [-0.15, -0.1) is 0 Å². The standard InChI is InChI=1S/C19H20O6.CH3NO2/c1-8-15(21)14-10-6-12-18(25-19(2,3)24-12)13(10)9(7-20)5-11(14)16(22)17(8)23-4;2-1(3)4/h5,12,18,20H,6-7H2,1-4H3;2H2,(H,3,4). The van der Waals surface area contributed by atoms with E-state index in [1.165, 1.54) is 7.11 Å². The maximum absolute atomic E-state index is 12.9. The number of primary amides is 1. The molecule has 156 valence electrons. The number of amides is 1. The van der Waals surface area contributed by atoms with E-state index in [4.69, 9.17) is 24.1 Å². The average molecular weight is 405 g/mol. The van der Waals surface area contributed by atoms with Crippen molar-refractivity contribution < 1.29 is 38.8 Å². The van der Waals surface area contributed by atoms with Gasteiger partial charge in [-0.25, -0.2) is 4.79 Å². The summed E-state index contributed by atoms with van der Waals surface area (Å²) >= 11 is 0. The number of hydrogen-bond acceptors (Lipinski definition) is 7. The molecular weight excluding hydrogens is 382 g/mol. The van der Waals surface area contributed by atoms with Crippen LogP contribution in [-0.2, 0) is 27.2 Å². The van der Waals surface area contributed by atoms with Gasteiger partial charge in [-0.1, -0.05) is 0 Å². The maximum atomic E-state index is 12.9. The minimum absolute atomic E-state index is 0.0631. The quantitative estimate of drug-likeness (QED) is 0.676. The van der Waals surface area contributed by atoms with Gasteiger partial charge in [-0.05, 0) is 43.5 Å². The molecule has 1 aromatic rings. The molecule has 4 N–H and O–H groups in total. The highest BCUT2D eigenvalue weighted by Crippen LogP contribution is 2.49. The van der Waals surface area contributed by atoms with Crippen LogP contribution in [0.1, 0.15) is 64.3 Å². The molecule has 0 bridgehead atoms. The number of fused-ring (bicyclic) bond motifs is 5. The second kappa shape index (κ2) is 7.25. The molecule has 29 heavy (non-hydrogen) atoms. The molecular formula is C20H23NO8. The molecule has 0 aromatic heterocycles. The Balaban J connectivity index is 0.000000552. The largest absolute Gasteiger partial charge is 0.492 e. The Morgan fingerprint density at radius 3 is 2.48 bits per heavy atom. The first-order chi connectivity index (χ1) is 13.5. The van der Waals surface area contributed by atoms with Crippen LogP contribution in [-0.4, -0.2) is 46.9 Å². The average Bonchev–Trinajstić information content (AvgIpc) is 3.10. The third-order valence-electron chi connectivity index (χ3n) is 5.17. The fourth-order valence-corrected chi connectivity index (χ4v) is 4.21. The van der Waals surface area contributed by atoms with Crippen LogP contribution in [0.2, 0.25) is 0 Å². The van der Waals surface area contributed by atoms with Crippen molar-refractivity contribution >= 4 is 17.7 Å². The zero-order valence-corrected chi connectivity index (χ0v) is 16.6. The van der Waals surface area contributed by atoms with Gasteiger partial charge in [-0.3, -0.25) is 9.59 Å². The molecule has 9 nitrogen and oxygen atoms in total. The Morgan fingerprint density at radius 2 is 1.93 bits per heavy atom. The molecule has 2 aliphatic carbocycles. The van der Waals surface area contributed by atoms with Crippen LogP contribution in [0, 0.1) is 0 Å². The summed E-state index contributed by atoms with van der Waals surface area (Å²) in [6.45, 7) is 5.04. The molecule has 0 spiro atoms. The van der Waals surface area contributed by atoms with E-state index in [9.17, 15) is 14.7 Å². The van der Waals surface area contributed by atoms with Gasteiger partial charge in [-0.2, -0.15) is 0 Å². The number of allylic oxidation sites excluding steroid dienone is 2. The van der Waals surface area contributed by atoms with Crippen molar-refractivity contribution in [1.82, 2.24) is 0 Å². The first-order valence-corrected chi connectivity index (χ1v) is 9.00. The summed E-state index contributed by atoms with van der Waals surface area (Å²) < 4.78 is 17.1. The molecule has 0 saturated carbocycles. The second-order valence-corrected chi connectivity index (χ2v) is 7.46. The number of nitrogens with two attached hydrogens (primary N) is 1. The summed E-state index contributed by atoms with van der Waals surface area (Å²) in [5, 5.41) is 17.0. The molecule has 1 amide bonds. The summed E-state index contributed by atoms with van der Waals surface area (Å²) in [6.07, 6.45) is -1.42. The molecule has 1 fully saturated rings. The number of carbonyl (C=O) groups is 3. The number of Topliss-reactive ketones (excluding diaryl/α,β-unsaturated/α-hetero) is 2. The fourth-order valence-electron chi connectivity index (χ4n) is 4.21. The Labute approximate surface area is 167 Å². The lowest BCUT2D eigenvalue weighted by atomic mass is 9.82. The summed E-state index contributed by atoms with van der Waals surface area (Å²) in [5.41, 5.74) is 7.15. The van der Waals surface area contributed by atoms with Crippen molar-refractivity contribution in [1.29, 1.82) is 0 Å². The molecule has 1 heterocycles. The smallest absolute Gasteiger partial charge is 0.402 e. The molecule has 0 radical (unpaired) electrons. The van der Waals surface area contributed by atoms with Gasteiger partial charge in [0.15, 0.2) is 17.3 Å². The first-order valence-electron chi connectivity index (χ1n) is 9.00. The number of methoxy groups -OCH3 is 1. The topological polar surface area (TPSA) is 145 Å². The Hall–Kier alpha value is -2.75. The molecule has 4 rings (SSSR count). The maximum Gasteiger partial charge on any atom is 0.402 e. The van der Waals surface area contributed by atoms with Crippen LogP contribution in [0.15, 0.2) is 17.4 Å². The summed E-state index contributed by atoms with van der Waals surface area (Å²) in [5.74, 6) is -1.19. The van der Waals surface area contributed by atoms with Crippen molar-refractivity contribution in [3.05, 3.63) is 45.2 Å². The summed E-state index contributed by atoms with van der Waals surface area (Å²) in [6, 6.07) is 1.59. The molecule has 1 aliphatic heterocycles. The predicted molar refractivity (Wildman–Crippen MR) is 99.4 cm³/mol. The highest BCUT2D eigenvalue weighted by Gasteiger charge is 2.50. The van der Waals surface area contributed by atoms with E-state index in [2.05, 4.69) is 5.73 Å². The van der Waals surface area contributed by atoms with E-state index >= 15 is 0 Å². The van der Waals surface area contributed by atoms with Crippen molar-refractivity contribution in [2.45, 2.75) is 51.8 Å². The summed E-state index contributed by atoms with van der Waals surface area (Å²) in [7, 11) is 1.38. The Bertz CT molecular complexity index is 942. The number of hydrogen-bond donors (Lipinski definition) is 3. The van der Waals surface area contributed by atoms with E-state index in [1.54, 1.807) is 13.0 Å². The van der Waals surface area contributed by atoms with E-state index in [0.717, 1.165) is 11.1 Å². The van der Waals surface area contributed by atoms with E-state index in [1.807, 2.05) is 13.8 Å². The SMILES string of the molecule is COC1=C(C)C(=O)c2c(cc(CO)c3c2CC2OC(C)(C)OC32)C1=O.NC(=O)O. The molecule has 9 heteroatoms. The second-order valence-electron chi connectivity index (χ2n) is 7.46. The molecule has 3 aliphatic rings. The van der Waals surface area contributed by atoms with Gasteiger partial charge >= 0.3 is 6.09 Å². The number of benzene rings is 1. The van der Waals surface area contributed by atoms with Gasteiger partial charge in [0, 0.05) is 23.1 Å². The van der Waals surface area contributed by atoms with Crippen molar-refractivity contribution in [2.75, 3.05) is 7.11 Å². The number of carbonyl (C=O) groups excluding carboxylic acids is 2.